The topological polar surface area (TPSA) is 12.0 Å². The third-order valence-corrected chi connectivity index (χ3v) is 2.88. The van der Waals surface area contributed by atoms with Gasteiger partial charge in [-0.15, -0.1) is 0 Å². The SMILES string of the molecule is CNCc1ccc(-c2ccc(F)cc2)c(Cl)c1. The molecule has 0 aliphatic rings. The monoisotopic (exact) mass is 249 g/mol. The maximum Gasteiger partial charge on any atom is 0.123 e. The van der Waals surface area contributed by atoms with Gasteiger partial charge in [-0.25, -0.2) is 4.39 Å². The minimum absolute atomic E-state index is 0.239. The number of hydrogen-bond acceptors (Lipinski definition) is 1. The molecule has 0 fully saturated rings. The third kappa shape index (κ3) is 2.84. The molecule has 2 aromatic rings. The molecule has 0 amide bonds. The summed E-state index contributed by atoms with van der Waals surface area (Å²) < 4.78 is 12.8. The Morgan fingerprint density at radius 3 is 2.41 bits per heavy atom. The van der Waals surface area contributed by atoms with Gasteiger partial charge in [0.15, 0.2) is 0 Å². The molecule has 2 aromatic carbocycles. The lowest BCUT2D eigenvalue weighted by atomic mass is 10.0. The van der Waals surface area contributed by atoms with Crippen molar-refractivity contribution in [2.75, 3.05) is 7.05 Å². The lowest BCUT2D eigenvalue weighted by Crippen LogP contribution is -2.04. The molecule has 0 radical (unpaired) electrons. The highest BCUT2D eigenvalue weighted by Crippen LogP contribution is 2.28. The Labute approximate surface area is 105 Å². The quantitative estimate of drug-likeness (QED) is 0.871. The van der Waals surface area contributed by atoms with E-state index in [2.05, 4.69) is 5.32 Å². The number of halogens is 2. The molecule has 1 N–H and O–H groups in total. The third-order valence-electron chi connectivity index (χ3n) is 2.57. The van der Waals surface area contributed by atoms with E-state index in [0.717, 1.165) is 23.2 Å². The van der Waals surface area contributed by atoms with Crippen molar-refractivity contribution >= 4 is 11.6 Å². The summed E-state index contributed by atoms with van der Waals surface area (Å²) in [6.45, 7) is 0.781. The van der Waals surface area contributed by atoms with Crippen molar-refractivity contribution < 1.29 is 4.39 Å². The maximum absolute atomic E-state index is 12.8. The van der Waals surface area contributed by atoms with Crippen LogP contribution in [0, 0.1) is 5.82 Å². The van der Waals surface area contributed by atoms with Crippen LogP contribution in [0.15, 0.2) is 42.5 Å². The van der Waals surface area contributed by atoms with E-state index < -0.39 is 0 Å². The van der Waals surface area contributed by atoms with Crippen LogP contribution >= 0.6 is 11.6 Å². The standard InChI is InChI=1S/C14H13ClFN/c1-17-9-10-2-7-13(14(15)8-10)11-3-5-12(16)6-4-11/h2-8,17H,9H2,1H3. The Hall–Kier alpha value is -1.38. The van der Waals surface area contributed by atoms with Gasteiger partial charge in [0, 0.05) is 17.1 Å². The molecule has 0 aliphatic carbocycles. The Morgan fingerprint density at radius 2 is 1.82 bits per heavy atom. The first-order valence-electron chi connectivity index (χ1n) is 5.39. The molecule has 0 heterocycles. The summed E-state index contributed by atoms with van der Waals surface area (Å²) in [7, 11) is 1.89. The smallest absolute Gasteiger partial charge is 0.123 e. The van der Waals surface area contributed by atoms with Crippen molar-refractivity contribution in [3.8, 4) is 11.1 Å². The molecule has 0 unspecified atom stereocenters. The highest BCUT2D eigenvalue weighted by molar-refractivity contribution is 6.33. The van der Waals surface area contributed by atoms with Crippen LogP contribution in [0.5, 0.6) is 0 Å². The molecule has 88 valence electrons. The Balaban J connectivity index is 2.36. The Morgan fingerprint density at radius 1 is 1.12 bits per heavy atom. The lowest BCUT2D eigenvalue weighted by molar-refractivity contribution is 0.628. The van der Waals surface area contributed by atoms with Crippen LogP contribution in [-0.4, -0.2) is 7.05 Å². The highest BCUT2D eigenvalue weighted by atomic mass is 35.5. The average molecular weight is 250 g/mol. The Bertz CT molecular complexity index is 508. The fourth-order valence-corrected chi connectivity index (χ4v) is 2.05. The van der Waals surface area contributed by atoms with Gasteiger partial charge in [-0.05, 0) is 36.4 Å². The minimum atomic E-state index is -0.239. The van der Waals surface area contributed by atoms with Gasteiger partial charge in [0.1, 0.15) is 5.82 Å². The average Bonchev–Trinajstić information content (AvgIpc) is 2.31. The summed E-state index contributed by atoms with van der Waals surface area (Å²) in [5.41, 5.74) is 2.97. The summed E-state index contributed by atoms with van der Waals surface area (Å²) in [6, 6.07) is 12.2. The van der Waals surface area contributed by atoms with Gasteiger partial charge < -0.3 is 5.32 Å². The summed E-state index contributed by atoms with van der Waals surface area (Å²) in [5, 5.41) is 3.75. The molecule has 3 heteroatoms. The molecule has 2 rings (SSSR count). The van der Waals surface area contributed by atoms with E-state index in [-0.39, 0.29) is 5.82 Å². The summed E-state index contributed by atoms with van der Waals surface area (Å²) in [4.78, 5) is 0. The fraction of sp³-hybridized carbons (Fsp3) is 0.143. The second-order valence-electron chi connectivity index (χ2n) is 3.85. The number of rotatable bonds is 3. The zero-order chi connectivity index (χ0) is 12.3. The van der Waals surface area contributed by atoms with Crippen LogP contribution in [0.4, 0.5) is 4.39 Å². The van der Waals surface area contributed by atoms with E-state index in [9.17, 15) is 4.39 Å². The van der Waals surface area contributed by atoms with Crippen molar-refractivity contribution in [2.45, 2.75) is 6.54 Å². The van der Waals surface area contributed by atoms with E-state index >= 15 is 0 Å². The highest BCUT2D eigenvalue weighted by Gasteiger charge is 2.04. The lowest BCUT2D eigenvalue weighted by Gasteiger charge is -2.07. The largest absolute Gasteiger partial charge is 0.316 e. The normalized spacial score (nSPS) is 10.5. The zero-order valence-electron chi connectivity index (χ0n) is 9.50. The molecule has 1 nitrogen and oxygen atoms in total. The van der Waals surface area contributed by atoms with Gasteiger partial charge in [0.2, 0.25) is 0 Å². The Kier molecular flexibility index (Phi) is 3.77. The van der Waals surface area contributed by atoms with Crippen molar-refractivity contribution in [2.24, 2.45) is 0 Å². The molecule has 0 saturated carbocycles. The predicted octanol–water partition coefficient (Wildman–Crippen LogP) is 3.87. The first kappa shape index (κ1) is 12.1. The number of benzene rings is 2. The van der Waals surface area contributed by atoms with E-state index in [4.69, 9.17) is 11.6 Å². The van der Waals surface area contributed by atoms with Gasteiger partial charge in [-0.2, -0.15) is 0 Å². The molecule has 17 heavy (non-hydrogen) atoms. The van der Waals surface area contributed by atoms with Gasteiger partial charge in [0.05, 0.1) is 0 Å². The van der Waals surface area contributed by atoms with Crippen LogP contribution in [0.2, 0.25) is 5.02 Å². The van der Waals surface area contributed by atoms with Crippen molar-refractivity contribution in [1.82, 2.24) is 5.32 Å². The maximum atomic E-state index is 12.8. The molecule has 0 aliphatic heterocycles. The van der Waals surface area contributed by atoms with Crippen LogP contribution in [0.25, 0.3) is 11.1 Å². The summed E-state index contributed by atoms with van der Waals surface area (Å²) >= 11 is 6.22. The second kappa shape index (κ2) is 5.30. The van der Waals surface area contributed by atoms with E-state index in [1.54, 1.807) is 12.1 Å². The molecular formula is C14H13ClFN. The molecule has 0 atom stereocenters. The van der Waals surface area contributed by atoms with Crippen molar-refractivity contribution in [1.29, 1.82) is 0 Å². The predicted molar refractivity (Wildman–Crippen MR) is 69.6 cm³/mol. The number of hydrogen-bond donors (Lipinski definition) is 1. The minimum Gasteiger partial charge on any atom is -0.316 e. The number of nitrogens with one attached hydrogen (secondary N) is 1. The molecule has 0 aromatic heterocycles. The van der Waals surface area contributed by atoms with Gasteiger partial charge in [-0.1, -0.05) is 35.9 Å². The molecular weight excluding hydrogens is 237 g/mol. The van der Waals surface area contributed by atoms with Crippen molar-refractivity contribution in [3.05, 3.63) is 58.9 Å². The van der Waals surface area contributed by atoms with Gasteiger partial charge in [0.25, 0.3) is 0 Å². The van der Waals surface area contributed by atoms with E-state index in [1.165, 1.54) is 12.1 Å². The first-order chi connectivity index (χ1) is 8.20. The molecule has 0 bridgehead atoms. The van der Waals surface area contributed by atoms with E-state index in [1.807, 2.05) is 25.2 Å². The van der Waals surface area contributed by atoms with Crippen LogP contribution in [0.3, 0.4) is 0 Å². The molecule has 0 spiro atoms. The molecule has 0 saturated heterocycles. The zero-order valence-corrected chi connectivity index (χ0v) is 10.3. The van der Waals surface area contributed by atoms with Crippen LogP contribution in [0.1, 0.15) is 5.56 Å². The first-order valence-corrected chi connectivity index (χ1v) is 5.77. The van der Waals surface area contributed by atoms with Crippen LogP contribution in [-0.2, 0) is 6.54 Å². The van der Waals surface area contributed by atoms with Gasteiger partial charge in [-0.3, -0.25) is 0 Å². The second-order valence-corrected chi connectivity index (χ2v) is 4.26. The fourth-order valence-electron chi connectivity index (χ4n) is 1.74. The summed E-state index contributed by atoms with van der Waals surface area (Å²) in [6.07, 6.45) is 0. The van der Waals surface area contributed by atoms with Crippen LogP contribution < -0.4 is 5.32 Å². The van der Waals surface area contributed by atoms with Gasteiger partial charge >= 0.3 is 0 Å². The summed E-state index contributed by atoms with van der Waals surface area (Å²) in [5.74, 6) is -0.239. The van der Waals surface area contributed by atoms with Crippen molar-refractivity contribution in [3.63, 3.8) is 0 Å². The van der Waals surface area contributed by atoms with E-state index in [0.29, 0.717) is 5.02 Å².